The highest BCUT2D eigenvalue weighted by molar-refractivity contribution is 7.39. The van der Waals surface area contributed by atoms with Crippen LogP contribution < -0.4 is 5.32 Å². The fourth-order valence-corrected chi connectivity index (χ4v) is 1.85. The lowest BCUT2D eigenvalue weighted by Gasteiger charge is -1.92. The maximum absolute atomic E-state index is 5.61. The molecular formula is C10H9Cl2N2Si. The van der Waals surface area contributed by atoms with Crippen molar-refractivity contribution >= 4 is 34.9 Å². The van der Waals surface area contributed by atoms with Crippen LogP contribution in [0.4, 0.5) is 0 Å². The van der Waals surface area contributed by atoms with Crippen LogP contribution in [0.25, 0.3) is 0 Å². The maximum Gasteiger partial charge on any atom is 0.325 e. The first-order chi connectivity index (χ1) is 7.30. The summed E-state index contributed by atoms with van der Waals surface area (Å²) >= 11 is 11.2. The van der Waals surface area contributed by atoms with Crippen molar-refractivity contribution in [2.75, 3.05) is 0 Å². The summed E-state index contributed by atoms with van der Waals surface area (Å²) in [6.45, 7) is 0. The van der Waals surface area contributed by atoms with Crippen LogP contribution in [-0.2, 0) is 0 Å². The highest BCUT2D eigenvalue weighted by Gasteiger charge is 2.06. The highest BCUT2D eigenvalue weighted by atomic mass is 35.7. The summed E-state index contributed by atoms with van der Waals surface area (Å²) in [6, 6.07) is 11.3. The molecule has 2 aromatic rings. The number of rotatable bonds is 1. The molecule has 2 aromatic heterocycles. The van der Waals surface area contributed by atoms with Crippen molar-refractivity contribution in [2.45, 2.75) is 0 Å². The minimum Gasteiger partial charge on any atom is -0.265 e. The molecular weight excluding hydrogens is 247 g/mol. The van der Waals surface area contributed by atoms with E-state index in [2.05, 4.69) is 9.97 Å². The van der Waals surface area contributed by atoms with Crippen LogP contribution in [0.1, 0.15) is 0 Å². The monoisotopic (exact) mass is 255 g/mol. The molecule has 0 bridgehead atoms. The molecule has 0 aromatic carbocycles. The number of hydrogen-bond donors (Lipinski definition) is 0. The Hall–Kier alpha value is -0.903. The average Bonchev–Trinajstić information content (AvgIpc) is 2.33. The first-order valence-corrected chi connectivity index (χ1v) is 7.77. The van der Waals surface area contributed by atoms with Gasteiger partial charge in [-0.2, -0.15) is 0 Å². The van der Waals surface area contributed by atoms with Crippen LogP contribution in [-0.4, -0.2) is 17.4 Å². The molecule has 15 heavy (non-hydrogen) atoms. The van der Waals surface area contributed by atoms with Crippen molar-refractivity contribution in [1.29, 1.82) is 0 Å². The molecule has 2 heterocycles. The van der Waals surface area contributed by atoms with Gasteiger partial charge in [0.05, 0.1) is 5.32 Å². The molecule has 0 aliphatic carbocycles. The van der Waals surface area contributed by atoms with Gasteiger partial charge in [0.25, 0.3) is 0 Å². The lowest BCUT2D eigenvalue weighted by molar-refractivity contribution is 1.33. The average molecular weight is 256 g/mol. The predicted molar refractivity (Wildman–Crippen MR) is 65.6 cm³/mol. The van der Waals surface area contributed by atoms with Gasteiger partial charge in [0.2, 0.25) is 0 Å². The maximum atomic E-state index is 5.61. The van der Waals surface area contributed by atoms with E-state index in [1.165, 1.54) is 0 Å². The Bertz CT molecular complexity index is 330. The largest absolute Gasteiger partial charge is 0.325 e. The van der Waals surface area contributed by atoms with Crippen molar-refractivity contribution in [3.05, 3.63) is 55.0 Å². The Morgan fingerprint density at radius 2 is 1.53 bits per heavy atom. The molecule has 0 aliphatic heterocycles. The lowest BCUT2D eigenvalue weighted by atomic mass is 10.5. The third-order valence-electron chi connectivity index (χ3n) is 1.43. The Morgan fingerprint density at radius 1 is 0.867 bits per heavy atom. The first-order valence-electron chi connectivity index (χ1n) is 4.25. The topological polar surface area (TPSA) is 25.8 Å². The second-order valence-electron chi connectivity index (χ2n) is 2.50. The van der Waals surface area contributed by atoms with Crippen LogP contribution in [0.3, 0.4) is 0 Å². The van der Waals surface area contributed by atoms with Crippen LogP contribution >= 0.6 is 22.2 Å². The molecule has 0 atom stereocenters. The molecule has 0 aliphatic rings. The van der Waals surface area contributed by atoms with Gasteiger partial charge in [-0.05, 0) is 24.3 Å². The van der Waals surface area contributed by atoms with Gasteiger partial charge in [0, 0.05) is 18.6 Å². The minimum atomic E-state index is -1.38. The van der Waals surface area contributed by atoms with Gasteiger partial charge < -0.3 is 0 Å². The summed E-state index contributed by atoms with van der Waals surface area (Å²) in [5.74, 6) is 0. The van der Waals surface area contributed by atoms with Crippen LogP contribution in [0.2, 0.25) is 0 Å². The van der Waals surface area contributed by atoms with Crippen molar-refractivity contribution in [3.8, 4) is 0 Å². The highest BCUT2D eigenvalue weighted by Crippen LogP contribution is 1.93. The predicted octanol–water partition coefficient (Wildman–Crippen LogP) is 2.34. The number of aromatic nitrogens is 2. The number of hydrogen-bond acceptors (Lipinski definition) is 2. The fourth-order valence-electron chi connectivity index (χ4n) is 0.787. The summed E-state index contributed by atoms with van der Waals surface area (Å²) in [5, 5.41) is 0.797. The zero-order valence-corrected chi connectivity index (χ0v) is 10.4. The van der Waals surface area contributed by atoms with Crippen LogP contribution in [0.5, 0.6) is 0 Å². The molecule has 5 heteroatoms. The second kappa shape index (κ2) is 7.40. The molecule has 77 valence electrons. The molecule has 0 saturated carbocycles. The van der Waals surface area contributed by atoms with E-state index >= 15 is 0 Å². The Morgan fingerprint density at radius 3 is 1.80 bits per heavy atom. The third kappa shape index (κ3) is 5.52. The first kappa shape index (κ1) is 12.2. The van der Waals surface area contributed by atoms with Crippen LogP contribution in [0.15, 0.2) is 55.0 Å². The van der Waals surface area contributed by atoms with Crippen molar-refractivity contribution < 1.29 is 0 Å². The van der Waals surface area contributed by atoms with E-state index in [-0.39, 0.29) is 0 Å². The van der Waals surface area contributed by atoms with Gasteiger partial charge in [-0.15, -0.1) is 22.2 Å². The Kier molecular flexibility index (Phi) is 6.00. The summed E-state index contributed by atoms with van der Waals surface area (Å²) in [7, 11) is -1.38. The summed E-state index contributed by atoms with van der Waals surface area (Å²) in [4.78, 5) is 7.74. The van der Waals surface area contributed by atoms with E-state index in [0.717, 1.165) is 5.32 Å². The molecule has 2 rings (SSSR count). The van der Waals surface area contributed by atoms with Gasteiger partial charge in [0.1, 0.15) is 0 Å². The SMILES string of the molecule is Cl[Si](Cl)c1ccccn1.c1ccncc1. The van der Waals surface area contributed by atoms with Gasteiger partial charge in [-0.25, -0.2) is 0 Å². The molecule has 0 saturated heterocycles. The number of halogens is 2. The van der Waals surface area contributed by atoms with Gasteiger partial charge in [-0.1, -0.05) is 12.1 Å². The standard InChI is InChI=1S/C5H4Cl2NSi.C5H5N/c6-9(7)5-3-1-2-4-8-5;1-2-4-6-5-3-1/h1-4H;1-5H. The summed E-state index contributed by atoms with van der Waals surface area (Å²) in [6.07, 6.45) is 5.19. The molecule has 2 nitrogen and oxygen atoms in total. The van der Waals surface area contributed by atoms with E-state index in [0.29, 0.717) is 0 Å². The fraction of sp³-hybridized carbons (Fsp3) is 0. The third-order valence-corrected chi connectivity index (χ3v) is 3.27. The normalized spacial score (nSPS) is 9.27. The van der Waals surface area contributed by atoms with Gasteiger partial charge in [-0.3, -0.25) is 9.97 Å². The van der Waals surface area contributed by atoms with Crippen molar-refractivity contribution in [3.63, 3.8) is 0 Å². The zero-order valence-electron chi connectivity index (χ0n) is 7.85. The smallest absolute Gasteiger partial charge is 0.265 e. The summed E-state index contributed by atoms with van der Waals surface area (Å²) < 4.78 is 0. The summed E-state index contributed by atoms with van der Waals surface area (Å²) in [5.41, 5.74) is 0. The van der Waals surface area contributed by atoms with E-state index in [4.69, 9.17) is 22.2 Å². The number of pyridine rings is 2. The molecule has 0 unspecified atom stereocenters. The molecule has 0 N–H and O–H groups in total. The van der Waals surface area contributed by atoms with Crippen LogP contribution in [0, 0.1) is 0 Å². The van der Waals surface area contributed by atoms with Gasteiger partial charge >= 0.3 is 7.42 Å². The van der Waals surface area contributed by atoms with Crippen molar-refractivity contribution in [2.24, 2.45) is 0 Å². The molecule has 0 amide bonds. The lowest BCUT2D eigenvalue weighted by Crippen LogP contribution is -2.20. The quantitative estimate of drug-likeness (QED) is 0.578. The van der Waals surface area contributed by atoms with E-state index in [1.54, 1.807) is 18.6 Å². The van der Waals surface area contributed by atoms with E-state index < -0.39 is 7.42 Å². The Labute approximate surface area is 99.9 Å². The number of nitrogens with zero attached hydrogens (tertiary/aromatic N) is 2. The zero-order chi connectivity index (χ0) is 10.9. The molecule has 0 spiro atoms. The van der Waals surface area contributed by atoms with E-state index in [1.807, 2.05) is 36.4 Å². The van der Waals surface area contributed by atoms with E-state index in [9.17, 15) is 0 Å². The molecule has 1 radical (unpaired) electrons. The van der Waals surface area contributed by atoms with Gasteiger partial charge in [0.15, 0.2) is 0 Å². The van der Waals surface area contributed by atoms with Crippen molar-refractivity contribution in [1.82, 2.24) is 9.97 Å². The minimum absolute atomic E-state index is 0.797. The Balaban J connectivity index is 0.000000162. The second-order valence-corrected chi connectivity index (χ2v) is 6.38. The molecule has 0 fully saturated rings.